The molecule has 0 saturated carbocycles. The number of aromatic nitrogens is 3. The number of nitrogens with zero attached hydrogens (tertiary/aromatic N) is 3. The van der Waals surface area contributed by atoms with Gasteiger partial charge in [-0.05, 0) is 72.4 Å². The fraction of sp³-hybridized carbons (Fsp3) is 0.276. The summed E-state index contributed by atoms with van der Waals surface area (Å²) in [6.07, 6.45) is 5.60. The minimum atomic E-state index is -4.43. The number of pyridine rings is 1. The standard InChI is InChI=1S/C29H30FN3O4S/c1-4-6-10-26-32-28(34)27(29(35)33(26)25(5-2)21-8-7-9-22(30)17-21)38(36,37)23-13-11-20(12-14-23)24-15-16-31-18-19(24)3/h7-9,11-18,25,35H,4-6,10H2,1-3H3. The van der Waals surface area contributed by atoms with Crippen molar-refractivity contribution >= 4 is 9.84 Å². The normalized spacial score (nSPS) is 12.4. The number of hydrogen-bond acceptors (Lipinski definition) is 6. The van der Waals surface area contributed by atoms with E-state index in [9.17, 15) is 22.7 Å². The van der Waals surface area contributed by atoms with E-state index in [1.807, 2.05) is 26.8 Å². The second kappa shape index (κ2) is 11.3. The van der Waals surface area contributed by atoms with Crippen LogP contribution in [0.3, 0.4) is 0 Å². The summed E-state index contributed by atoms with van der Waals surface area (Å²) in [6.45, 7) is 5.72. The first-order chi connectivity index (χ1) is 18.2. The van der Waals surface area contributed by atoms with Crippen LogP contribution >= 0.6 is 0 Å². The molecule has 0 bridgehead atoms. The molecule has 0 saturated heterocycles. The fourth-order valence-electron chi connectivity index (χ4n) is 4.63. The summed E-state index contributed by atoms with van der Waals surface area (Å²) in [6, 6.07) is 13.2. The van der Waals surface area contributed by atoms with Crippen LogP contribution in [0.15, 0.2) is 81.6 Å². The highest BCUT2D eigenvalue weighted by Crippen LogP contribution is 2.34. The first kappa shape index (κ1) is 27.2. The molecule has 0 aliphatic rings. The third-order valence-corrected chi connectivity index (χ3v) is 8.37. The zero-order valence-corrected chi connectivity index (χ0v) is 22.4. The summed E-state index contributed by atoms with van der Waals surface area (Å²) in [5, 5.41) is 11.4. The van der Waals surface area contributed by atoms with Crippen molar-refractivity contribution in [3.63, 3.8) is 0 Å². The molecule has 0 amide bonds. The third kappa shape index (κ3) is 5.24. The Morgan fingerprint density at radius 3 is 2.45 bits per heavy atom. The van der Waals surface area contributed by atoms with Crippen LogP contribution in [-0.4, -0.2) is 28.1 Å². The number of hydrogen-bond donors (Lipinski definition) is 1. The lowest BCUT2D eigenvalue weighted by atomic mass is 10.0. The topological polar surface area (TPSA) is 102 Å². The molecular weight excluding hydrogens is 505 g/mol. The number of aromatic hydroxyl groups is 1. The Balaban J connectivity index is 1.87. The van der Waals surface area contributed by atoms with Gasteiger partial charge >= 0.3 is 0 Å². The summed E-state index contributed by atoms with van der Waals surface area (Å²) in [5.74, 6) is -0.892. The SMILES string of the molecule is CCCCc1nc(=O)c(S(=O)(=O)c2ccc(-c3ccncc3C)cc2)c(O)n1C(CC)c1cccc(F)c1. The lowest BCUT2D eigenvalue weighted by Gasteiger charge is -2.25. The van der Waals surface area contributed by atoms with Crippen LogP contribution in [0.25, 0.3) is 11.1 Å². The summed E-state index contributed by atoms with van der Waals surface area (Å²) in [5.41, 5.74) is 2.13. The van der Waals surface area contributed by atoms with E-state index in [1.165, 1.54) is 28.8 Å². The summed E-state index contributed by atoms with van der Waals surface area (Å²) in [7, 11) is -4.43. The van der Waals surface area contributed by atoms with E-state index in [0.29, 0.717) is 24.8 Å². The molecule has 0 spiro atoms. The number of aryl methyl sites for hydroxylation is 2. The molecule has 2 aromatic heterocycles. The maximum Gasteiger partial charge on any atom is 0.296 e. The van der Waals surface area contributed by atoms with E-state index < -0.39 is 38.0 Å². The highest BCUT2D eigenvalue weighted by Gasteiger charge is 2.32. The molecule has 1 unspecified atom stereocenters. The Bertz CT molecular complexity index is 1620. The minimum absolute atomic E-state index is 0.145. The molecule has 2 aromatic carbocycles. The largest absolute Gasteiger partial charge is 0.493 e. The average Bonchev–Trinajstić information content (AvgIpc) is 2.89. The summed E-state index contributed by atoms with van der Waals surface area (Å²) >= 11 is 0. The Labute approximate surface area is 221 Å². The maximum atomic E-state index is 14.1. The number of benzene rings is 2. The molecule has 4 rings (SSSR count). The molecule has 0 radical (unpaired) electrons. The van der Waals surface area contributed by atoms with Gasteiger partial charge in [0.25, 0.3) is 5.56 Å². The molecule has 1 N–H and O–H groups in total. The van der Waals surface area contributed by atoms with Crippen molar-refractivity contribution in [2.45, 2.75) is 62.3 Å². The summed E-state index contributed by atoms with van der Waals surface area (Å²) in [4.78, 5) is 20.4. The van der Waals surface area contributed by atoms with Crippen LogP contribution in [0.4, 0.5) is 4.39 Å². The van der Waals surface area contributed by atoms with Crippen molar-refractivity contribution in [1.82, 2.24) is 14.5 Å². The van der Waals surface area contributed by atoms with Gasteiger partial charge < -0.3 is 5.11 Å². The fourth-order valence-corrected chi connectivity index (χ4v) is 5.98. The monoisotopic (exact) mass is 535 g/mol. The second-order valence-electron chi connectivity index (χ2n) is 9.16. The van der Waals surface area contributed by atoms with Gasteiger partial charge in [0, 0.05) is 18.8 Å². The second-order valence-corrected chi connectivity index (χ2v) is 11.0. The molecular formula is C29H30FN3O4S. The molecule has 198 valence electrons. The Morgan fingerprint density at radius 1 is 1.08 bits per heavy atom. The minimum Gasteiger partial charge on any atom is -0.493 e. The highest BCUT2D eigenvalue weighted by atomic mass is 32.2. The van der Waals surface area contributed by atoms with Crippen LogP contribution in [0.2, 0.25) is 0 Å². The number of rotatable bonds is 9. The Kier molecular flexibility index (Phi) is 8.06. The van der Waals surface area contributed by atoms with E-state index in [1.54, 1.807) is 36.7 Å². The van der Waals surface area contributed by atoms with Gasteiger partial charge in [-0.3, -0.25) is 14.3 Å². The van der Waals surface area contributed by atoms with Gasteiger partial charge in [-0.25, -0.2) is 12.8 Å². The quantitative estimate of drug-likeness (QED) is 0.298. The molecule has 0 aliphatic heterocycles. The van der Waals surface area contributed by atoms with Crippen LogP contribution in [-0.2, 0) is 16.3 Å². The van der Waals surface area contributed by atoms with E-state index in [0.717, 1.165) is 23.1 Å². The van der Waals surface area contributed by atoms with Crippen LogP contribution in [0.5, 0.6) is 5.88 Å². The van der Waals surface area contributed by atoms with Crippen molar-refractivity contribution in [2.75, 3.05) is 0 Å². The lowest BCUT2D eigenvalue weighted by Crippen LogP contribution is -2.27. The molecule has 0 aliphatic carbocycles. The van der Waals surface area contributed by atoms with Gasteiger partial charge in [0.15, 0.2) is 4.90 Å². The summed E-state index contributed by atoms with van der Waals surface area (Å²) < 4.78 is 42.8. The molecule has 4 aromatic rings. The van der Waals surface area contributed by atoms with Crippen LogP contribution in [0.1, 0.15) is 56.1 Å². The van der Waals surface area contributed by atoms with Crippen molar-refractivity contribution in [3.05, 3.63) is 100 Å². The number of unbranched alkanes of at least 4 members (excludes halogenated alkanes) is 1. The molecule has 38 heavy (non-hydrogen) atoms. The zero-order valence-electron chi connectivity index (χ0n) is 21.6. The Morgan fingerprint density at radius 2 is 1.82 bits per heavy atom. The maximum absolute atomic E-state index is 14.1. The third-order valence-electron chi connectivity index (χ3n) is 6.58. The first-order valence-electron chi connectivity index (χ1n) is 12.5. The first-order valence-corrected chi connectivity index (χ1v) is 14.0. The van der Waals surface area contributed by atoms with E-state index in [4.69, 9.17) is 0 Å². The van der Waals surface area contributed by atoms with Crippen molar-refractivity contribution in [3.8, 4) is 17.0 Å². The molecule has 7 nitrogen and oxygen atoms in total. The number of sulfone groups is 1. The van der Waals surface area contributed by atoms with Gasteiger partial charge in [-0.15, -0.1) is 0 Å². The van der Waals surface area contributed by atoms with E-state index >= 15 is 0 Å². The predicted octanol–water partition coefficient (Wildman–Crippen LogP) is 5.63. The molecule has 1 atom stereocenters. The molecule has 9 heteroatoms. The van der Waals surface area contributed by atoms with Crippen LogP contribution < -0.4 is 5.56 Å². The van der Waals surface area contributed by atoms with Crippen molar-refractivity contribution in [2.24, 2.45) is 0 Å². The van der Waals surface area contributed by atoms with Gasteiger partial charge in [0.05, 0.1) is 10.9 Å². The average molecular weight is 536 g/mol. The van der Waals surface area contributed by atoms with E-state index in [-0.39, 0.29) is 10.7 Å². The van der Waals surface area contributed by atoms with E-state index in [2.05, 4.69) is 9.97 Å². The van der Waals surface area contributed by atoms with Crippen molar-refractivity contribution in [1.29, 1.82) is 0 Å². The smallest absolute Gasteiger partial charge is 0.296 e. The van der Waals surface area contributed by atoms with Crippen molar-refractivity contribution < 1.29 is 17.9 Å². The van der Waals surface area contributed by atoms with Gasteiger partial charge in [-0.2, -0.15) is 4.98 Å². The lowest BCUT2D eigenvalue weighted by molar-refractivity contribution is 0.358. The Hall–Kier alpha value is -3.85. The molecule has 0 fully saturated rings. The zero-order chi connectivity index (χ0) is 27.4. The predicted molar refractivity (Wildman–Crippen MR) is 143 cm³/mol. The van der Waals surface area contributed by atoms with Crippen LogP contribution in [0, 0.1) is 12.7 Å². The van der Waals surface area contributed by atoms with Gasteiger partial charge in [0.2, 0.25) is 15.7 Å². The highest BCUT2D eigenvalue weighted by molar-refractivity contribution is 7.91. The van der Waals surface area contributed by atoms with Gasteiger partial charge in [0.1, 0.15) is 11.6 Å². The van der Waals surface area contributed by atoms with Gasteiger partial charge in [-0.1, -0.05) is 44.5 Å². The number of halogens is 1. The molecule has 2 heterocycles.